The molecule has 1 rings (SSSR count). The molecule has 1 aromatic carbocycles. The predicted molar refractivity (Wildman–Crippen MR) is 77.4 cm³/mol. The Hall–Kier alpha value is -1.55. The lowest BCUT2D eigenvalue weighted by Gasteiger charge is -2.24. The average molecular weight is 264 g/mol. The standard InChI is InChI=1S/C15H24N2O2/c1-12-5-7-13(8-6-12)19-9-14(18)17-11-15(2,3)10-16-4/h5-8,16H,9-11H2,1-4H3,(H,17,18). The molecule has 0 aromatic heterocycles. The van der Waals surface area contributed by atoms with Crippen molar-refractivity contribution in [1.82, 2.24) is 10.6 Å². The predicted octanol–water partition coefficient (Wildman–Crippen LogP) is 1.74. The van der Waals surface area contributed by atoms with Gasteiger partial charge in [0.1, 0.15) is 5.75 Å². The molecule has 0 spiro atoms. The summed E-state index contributed by atoms with van der Waals surface area (Å²) < 4.78 is 5.42. The van der Waals surface area contributed by atoms with Crippen LogP contribution in [0.3, 0.4) is 0 Å². The van der Waals surface area contributed by atoms with Crippen LogP contribution in [0.15, 0.2) is 24.3 Å². The second-order valence-corrected chi connectivity index (χ2v) is 5.57. The summed E-state index contributed by atoms with van der Waals surface area (Å²) in [5, 5.41) is 6.00. The van der Waals surface area contributed by atoms with E-state index in [0.29, 0.717) is 6.54 Å². The van der Waals surface area contributed by atoms with Gasteiger partial charge in [0.25, 0.3) is 5.91 Å². The quantitative estimate of drug-likeness (QED) is 0.788. The van der Waals surface area contributed by atoms with E-state index in [-0.39, 0.29) is 17.9 Å². The van der Waals surface area contributed by atoms with Gasteiger partial charge in [-0.3, -0.25) is 4.79 Å². The van der Waals surface area contributed by atoms with Crippen LogP contribution in [0, 0.1) is 12.3 Å². The summed E-state index contributed by atoms with van der Waals surface area (Å²) in [4.78, 5) is 11.7. The van der Waals surface area contributed by atoms with E-state index in [1.807, 2.05) is 38.2 Å². The molecule has 19 heavy (non-hydrogen) atoms. The van der Waals surface area contributed by atoms with Crippen molar-refractivity contribution in [2.75, 3.05) is 26.7 Å². The molecule has 0 radical (unpaired) electrons. The van der Waals surface area contributed by atoms with Gasteiger partial charge < -0.3 is 15.4 Å². The van der Waals surface area contributed by atoms with Gasteiger partial charge in [0.05, 0.1) is 0 Å². The zero-order valence-corrected chi connectivity index (χ0v) is 12.2. The highest BCUT2D eigenvalue weighted by Gasteiger charge is 2.17. The molecular formula is C15H24N2O2. The fraction of sp³-hybridized carbons (Fsp3) is 0.533. The summed E-state index contributed by atoms with van der Waals surface area (Å²) in [7, 11) is 1.91. The van der Waals surface area contributed by atoms with Crippen LogP contribution in [0.25, 0.3) is 0 Å². The largest absolute Gasteiger partial charge is 0.484 e. The minimum Gasteiger partial charge on any atom is -0.484 e. The Kier molecular flexibility index (Phi) is 5.83. The van der Waals surface area contributed by atoms with Crippen molar-refractivity contribution in [1.29, 1.82) is 0 Å². The van der Waals surface area contributed by atoms with Crippen LogP contribution in [-0.4, -0.2) is 32.7 Å². The third-order valence-electron chi connectivity index (χ3n) is 2.81. The molecule has 1 amide bonds. The molecule has 2 N–H and O–H groups in total. The summed E-state index contributed by atoms with van der Waals surface area (Å²) in [5.74, 6) is 0.625. The molecule has 0 saturated heterocycles. The van der Waals surface area contributed by atoms with Crippen LogP contribution < -0.4 is 15.4 Å². The maximum Gasteiger partial charge on any atom is 0.257 e. The fourth-order valence-electron chi connectivity index (χ4n) is 1.71. The molecule has 0 fully saturated rings. The van der Waals surface area contributed by atoms with Gasteiger partial charge in [-0.25, -0.2) is 0 Å². The number of ether oxygens (including phenoxy) is 1. The molecule has 0 aliphatic heterocycles. The number of hydrogen-bond acceptors (Lipinski definition) is 3. The molecule has 0 bridgehead atoms. The lowest BCUT2D eigenvalue weighted by Crippen LogP contribution is -2.41. The Morgan fingerprint density at radius 3 is 2.42 bits per heavy atom. The zero-order chi connectivity index (χ0) is 14.3. The molecule has 0 atom stereocenters. The van der Waals surface area contributed by atoms with Crippen LogP contribution in [0.4, 0.5) is 0 Å². The monoisotopic (exact) mass is 264 g/mol. The number of nitrogens with one attached hydrogen (secondary N) is 2. The number of carbonyl (C=O) groups excluding carboxylic acids is 1. The van der Waals surface area contributed by atoms with Gasteiger partial charge in [-0.2, -0.15) is 0 Å². The highest BCUT2D eigenvalue weighted by molar-refractivity contribution is 5.77. The van der Waals surface area contributed by atoms with Crippen molar-refractivity contribution in [3.8, 4) is 5.75 Å². The van der Waals surface area contributed by atoms with Gasteiger partial charge in [0.2, 0.25) is 0 Å². The zero-order valence-electron chi connectivity index (χ0n) is 12.2. The van der Waals surface area contributed by atoms with E-state index >= 15 is 0 Å². The molecule has 0 aliphatic carbocycles. The number of amides is 1. The SMILES string of the molecule is CNCC(C)(C)CNC(=O)COc1ccc(C)cc1. The topological polar surface area (TPSA) is 50.4 Å². The smallest absolute Gasteiger partial charge is 0.257 e. The summed E-state index contributed by atoms with van der Waals surface area (Å²) in [6.07, 6.45) is 0. The summed E-state index contributed by atoms with van der Waals surface area (Å²) in [5.41, 5.74) is 1.21. The molecule has 0 aliphatic rings. The van der Waals surface area contributed by atoms with Gasteiger partial charge >= 0.3 is 0 Å². The van der Waals surface area contributed by atoms with Crippen molar-refractivity contribution < 1.29 is 9.53 Å². The van der Waals surface area contributed by atoms with E-state index in [1.165, 1.54) is 5.56 Å². The van der Waals surface area contributed by atoms with Crippen LogP contribution in [0.5, 0.6) is 5.75 Å². The van der Waals surface area contributed by atoms with E-state index in [9.17, 15) is 4.79 Å². The minimum atomic E-state index is -0.0928. The normalized spacial score (nSPS) is 11.2. The van der Waals surface area contributed by atoms with Crippen LogP contribution in [0.2, 0.25) is 0 Å². The Labute approximate surface area is 115 Å². The Morgan fingerprint density at radius 1 is 1.21 bits per heavy atom. The first-order valence-electron chi connectivity index (χ1n) is 6.54. The molecular weight excluding hydrogens is 240 g/mol. The molecule has 0 heterocycles. The highest BCUT2D eigenvalue weighted by atomic mass is 16.5. The van der Waals surface area contributed by atoms with Gasteiger partial charge in [-0.15, -0.1) is 0 Å². The van der Waals surface area contributed by atoms with Crippen molar-refractivity contribution in [2.24, 2.45) is 5.41 Å². The first kappa shape index (κ1) is 15.5. The number of benzene rings is 1. The van der Waals surface area contributed by atoms with Gasteiger partial charge in [-0.05, 0) is 31.5 Å². The third kappa shape index (κ3) is 6.25. The van der Waals surface area contributed by atoms with E-state index in [4.69, 9.17) is 4.74 Å². The van der Waals surface area contributed by atoms with E-state index in [1.54, 1.807) is 0 Å². The number of rotatable bonds is 7. The van der Waals surface area contributed by atoms with Crippen LogP contribution in [0.1, 0.15) is 19.4 Å². The van der Waals surface area contributed by atoms with Gasteiger partial charge in [0.15, 0.2) is 6.61 Å². The second kappa shape index (κ2) is 7.14. The van der Waals surface area contributed by atoms with Crippen LogP contribution in [-0.2, 0) is 4.79 Å². The van der Waals surface area contributed by atoms with Gasteiger partial charge in [0, 0.05) is 13.1 Å². The van der Waals surface area contributed by atoms with Crippen molar-refractivity contribution in [3.05, 3.63) is 29.8 Å². The maximum absolute atomic E-state index is 11.7. The first-order valence-corrected chi connectivity index (χ1v) is 6.54. The molecule has 0 unspecified atom stereocenters. The van der Waals surface area contributed by atoms with E-state index in [0.717, 1.165) is 12.3 Å². The summed E-state index contributed by atoms with van der Waals surface area (Å²) in [6, 6.07) is 7.66. The lowest BCUT2D eigenvalue weighted by molar-refractivity contribution is -0.123. The fourth-order valence-corrected chi connectivity index (χ4v) is 1.71. The first-order chi connectivity index (χ1) is 8.93. The Balaban J connectivity index is 2.30. The third-order valence-corrected chi connectivity index (χ3v) is 2.81. The lowest BCUT2D eigenvalue weighted by atomic mass is 9.93. The summed E-state index contributed by atoms with van der Waals surface area (Å²) in [6.45, 7) is 7.75. The summed E-state index contributed by atoms with van der Waals surface area (Å²) >= 11 is 0. The number of aryl methyl sites for hydroxylation is 1. The molecule has 0 saturated carbocycles. The highest BCUT2D eigenvalue weighted by Crippen LogP contribution is 2.12. The second-order valence-electron chi connectivity index (χ2n) is 5.57. The number of hydrogen-bond donors (Lipinski definition) is 2. The van der Waals surface area contributed by atoms with Crippen molar-refractivity contribution >= 4 is 5.91 Å². The van der Waals surface area contributed by atoms with Crippen molar-refractivity contribution in [3.63, 3.8) is 0 Å². The van der Waals surface area contributed by atoms with Gasteiger partial charge in [-0.1, -0.05) is 31.5 Å². The average Bonchev–Trinajstić information content (AvgIpc) is 2.36. The van der Waals surface area contributed by atoms with E-state index < -0.39 is 0 Å². The van der Waals surface area contributed by atoms with E-state index in [2.05, 4.69) is 24.5 Å². The number of carbonyl (C=O) groups is 1. The minimum absolute atomic E-state index is 0.0360. The maximum atomic E-state index is 11.7. The van der Waals surface area contributed by atoms with Crippen molar-refractivity contribution in [2.45, 2.75) is 20.8 Å². The molecule has 4 nitrogen and oxygen atoms in total. The Morgan fingerprint density at radius 2 is 1.84 bits per heavy atom. The van der Waals surface area contributed by atoms with Crippen LogP contribution >= 0.6 is 0 Å². The Bertz CT molecular complexity index is 399. The molecule has 1 aromatic rings. The molecule has 4 heteroatoms. The molecule has 106 valence electrons.